The van der Waals surface area contributed by atoms with Crippen LogP contribution in [-0.2, 0) is 0 Å². The van der Waals surface area contributed by atoms with Gasteiger partial charge in [0.05, 0.1) is 0 Å². The van der Waals surface area contributed by atoms with Gasteiger partial charge in [-0.2, -0.15) is 0 Å². The molecule has 0 radical (unpaired) electrons. The van der Waals surface area contributed by atoms with Crippen LogP contribution in [0, 0.1) is 17.8 Å². The lowest BCUT2D eigenvalue weighted by Crippen LogP contribution is -2.31. The second kappa shape index (κ2) is 3.21. The minimum atomic E-state index is 0.857. The summed E-state index contributed by atoms with van der Waals surface area (Å²) >= 11 is 0. The zero-order chi connectivity index (χ0) is 8.55. The number of allylic oxidation sites excluding steroid dienone is 1. The van der Waals surface area contributed by atoms with E-state index in [1.165, 1.54) is 37.9 Å². The lowest BCUT2D eigenvalue weighted by Gasteiger charge is -2.39. The van der Waals surface area contributed by atoms with Crippen molar-refractivity contribution in [1.82, 2.24) is 5.32 Å². The molecule has 68 valence electrons. The summed E-state index contributed by atoms with van der Waals surface area (Å²) in [4.78, 5) is 0. The first-order valence-corrected chi connectivity index (χ1v) is 5.13. The maximum absolute atomic E-state index is 4.02. The van der Waals surface area contributed by atoms with E-state index in [1.54, 1.807) is 0 Å². The van der Waals surface area contributed by atoms with E-state index in [9.17, 15) is 0 Å². The molecule has 1 heteroatoms. The largest absolute Gasteiger partial charge is 0.316 e. The first-order valence-electron chi connectivity index (χ1n) is 5.13. The van der Waals surface area contributed by atoms with E-state index in [0.717, 1.165) is 17.8 Å². The van der Waals surface area contributed by atoms with Gasteiger partial charge in [0.15, 0.2) is 0 Å². The van der Waals surface area contributed by atoms with Crippen molar-refractivity contribution in [3.8, 4) is 0 Å². The summed E-state index contributed by atoms with van der Waals surface area (Å²) in [5, 5.41) is 3.44. The second-order valence-electron chi connectivity index (χ2n) is 4.53. The molecule has 1 unspecified atom stereocenters. The Bertz CT molecular complexity index is 173. The molecule has 1 nitrogen and oxygen atoms in total. The van der Waals surface area contributed by atoms with Crippen LogP contribution in [0.3, 0.4) is 0 Å². The van der Waals surface area contributed by atoms with Crippen LogP contribution in [-0.4, -0.2) is 13.1 Å². The van der Waals surface area contributed by atoms with E-state index in [1.807, 2.05) is 0 Å². The molecule has 12 heavy (non-hydrogen) atoms. The summed E-state index contributed by atoms with van der Waals surface area (Å²) < 4.78 is 0. The third-order valence-electron chi connectivity index (χ3n) is 3.64. The Labute approximate surface area is 75.2 Å². The van der Waals surface area contributed by atoms with Crippen LogP contribution in [0.4, 0.5) is 0 Å². The average molecular weight is 165 g/mol. The maximum Gasteiger partial charge on any atom is -0.00174 e. The molecule has 1 heterocycles. The van der Waals surface area contributed by atoms with Gasteiger partial charge >= 0.3 is 0 Å². The Morgan fingerprint density at radius 1 is 1.33 bits per heavy atom. The van der Waals surface area contributed by atoms with E-state index in [0.29, 0.717) is 0 Å². The minimum Gasteiger partial charge on any atom is -0.316 e. The molecule has 0 aromatic rings. The molecule has 0 spiro atoms. The van der Waals surface area contributed by atoms with Gasteiger partial charge in [-0.05, 0) is 57.0 Å². The van der Waals surface area contributed by atoms with E-state index < -0.39 is 0 Å². The van der Waals surface area contributed by atoms with Crippen molar-refractivity contribution in [3.63, 3.8) is 0 Å². The third kappa shape index (κ3) is 1.42. The molecule has 1 aliphatic heterocycles. The Kier molecular flexibility index (Phi) is 2.22. The second-order valence-corrected chi connectivity index (χ2v) is 4.53. The molecule has 1 aliphatic carbocycles. The molecule has 2 aliphatic rings. The Hall–Kier alpha value is -0.300. The zero-order valence-electron chi connectivity index (χ0n) is 7.97. The summed E-state index contributed by atoms with van der Waals surface area (Å²) in [6.45, 7) is 8.72. The van der Waals surface area contributed by atoms with Crippen molar-refractivity contribution in [3.05, 3.63) is 12.2 Å². The predicted octanol–water partition coefficient (Wildman–Crippen LogP) is 2.20. The van der Waals surface area contributed by atoms with Crippen LogP contribution < -0.4 is 5.32 Å². The molecular weight excluding hydrogens is 146 g/mol. The highest BCUT2D eigenvalue weighted by Crippen LogP contribution is 2.43. The summed E-state index contributed by atoms with van der Waals surface area (Å²) in [7, 11) is 0. The number of nitrogens with one attached hydrogen (secondary N) is 1. The molecule has 1 saturated heterocycles. The average Bonchev–Trinajstić information content (AvgIpc) is 2.34. The van der Waals surface area contributed by atoms with Gasteiger partial charge in [-0.25, -0.2) is 0 Å². The molecule has 0 amide bonds. The topological polar surface area (TPSA) is 12.0 Å². The zero-order valence-corrected chi connectivity index (χ0v) is 7.97. The Morgan fingerprint density at radius 3 is 2.58 bits per heavy atom. The molecule has 1 N–H and O–H groups in total. The highest BCUT2D eigenvalue weighted by molar-refractivity contribution is 5.04. The summed E-state index contributed by atoms with van der Waals surface area (Å²) in [6.07, 6.45) is 4.25. The molecule has 1 saturated carbocycles. The predicted molar refractivity (Wildman–Crippen MR) is 52.0 cm³/mol. The van der Waals surface area contributed by atoms with Crippen LogP contribution in [0.15, 0.2) is 12.2 Å². The van der Waals surface area contributed by atoms with E-state index in [-0.39, 0.29) is 0 Å². The number of hydrogen-bond donors (Lipinski definition) is 1. The molecule has 2 fully saturated rings. The van der Waals surface area contributed by atoms with E-state index in [2.05, 4.69) is 18.8 Å². The van der Waals surface area contributed by atoms with Gasteiger partial charge in [0.25, 0.3) is 0 Å². The van der Waals surface area contributed by atoms with Crippen LogP contribution in [0.5, 0.6) is 0 Å². The summed E-state index contributed by atoms with van der Waals surface area (Å²) in [6, 6.07) is 0. The normalized spacial score (nSPS) is 40.9. The van der Waals surface area contributed by atoms with Crippen molar-refractivity contribution in [2.24, 2.45) is 17.8 Å². The fraction of sp³-hybridized carbons (Fsp3) is 0.818. The molecule has 2 rings (SSSR count). The number of rotatable bonds is 2. The van der Waals surface area contributed by atoms with Gasteiger partial charge < -0.3 is 5.32 Å². The molecule has 0 aromatic heterocycles. The van der Waals surface area contributed by atoms with Crippen molar-refractivity contribution in [1.29, 1.82) is 0 Å². The first-order chi connectivity index (χ1) is 5.77. The van der Waals surface area contributed by atoms with E-state index in [4.69, 9.17) is 0 Å². The van der Waals surface area contributed by atoms with Gasteiger partial charge in [-0.1, -0.05) is 12.2 Å². The maximum atomic E-state index is 4.02. The van der Waals surface area contributed by atoms with Gasteiger partial charge in [0.1, 0.15) is 0 Å². The highest BCUT2D eigenvalue weighted by atomic mass is 14.9. The molecule has 0 bridgehead atoms. The van der Waals surface area contributed by atoms with Crippen molar-refractivity contribution >= 4 is 0 Å². The van der Waals surface area contributed by atoms with Gasteiger partial charge in [0, 0.05) is 0 Å². The number of hydrogen-bond acceptors (Lipinski definition) is 1. The highest BCUT2D eigenvalue weighted by Gasteiger charge is 2.35. The van der Waals surface area contributed by atoms with Gasteiger partial charge in [-0.15, -0.1) is 0 Å². The van der Waals surface area contributed by atoms with Gasteiger partial charge in [0.2, 0.25) is 0 Å². The summed E-state index contributed by atoms with van der Waals surface area (Å²) in [5.41, 5.74) is 1.40. The monoisotopic (exact) mass is 165 g/mol. The minimum absolute atomic E-state index is 0.857. The lowest BCUT2D eigenvalue weighted by atomic mass is 9.66. The smallest absolute Gasteiger partial charge is 0.00174 e. The molecule has 0 aromatic carbocycles. The first kappa shape index (κ1) is 8.31. The quantitative estimate of drug-likeness (QED) is 0.618. The van der Waals surface area contributed by atoms with Crippen LogP contribution in [0.2, 0.25) is 0 Å². The molecule has 1 atom stereocenters. The van der Waals surface area contributed by atoms with Crippen molar-refractivity contribution < 1.29 is 0 Å². The van der Waals surface area contributed by atoms with Crippen molar-refractivity contribution in [2.45, 2.75) is 26.2 Å². The van der Waals surface area contributed by atoms with Crippen LogP contribution >= 0.6 is 0 Å². The van der Waals surface area contributed by atoms with Crippen molar-refractivity contribution in [2.75, 3.05) is 13.1 Å². The van der Waals surface area contributed by atoms with Crippen LogP contribution in [0.25, 0.3) is 0 Å². The summed E-state index contributed by atoms with van der Waals surface area (Å²) in [5.74, 6) is 2.86. The fourth-order valence-electron chi connectivity index (χ4n) is 2.53. The van der Waals surface area contributed by atoms with Gasteiger partial charge in [-0.3, -0.25) is 0 Å². The molecular formula is C11H19N. The van der Waals surface area contributed by atoms with E-state index >= 15 is 0 Å². The third-order valence-corrected chi connectivity index (χ3v) is 3.64. The van der Waals surface area contributed by atoms with Crippen LogP contribution in [0.1, 0.15) is 26.2 Å². The standard InChI is InChI=1S/C11H19N/c1-8(2)10-5-11(6-10)9-3-4-12-7-9/h9-12H,1,3-7H2,2H3. The fourth-order valence-corrected chi connectivity index (χ4v) is 2.53. The Morgan fingerprint density at radius 2 is 2.08 bits per heavy atom. The SMILES string of the molecule is C=C(C)C1CC(C2CCNC2)C1. The lowest BCUT2D eigenvalue weighted by molar-refractivity contribution is 0.158. The Balaban J connectivity index is 1.77.